The molecule has 0 bridgehead atoms. The van der Waals surface area contributed by atoms with Crippen LogP contribution in [0.2, 0.25) is 0 Å². The molecule has 0 spiro atoms. The van der Waals surface area contributed by atoms with Crippen molar-refractivity contribution in [2.45, 2.75) is 58.1 Å². The number of ether oxygens (including phenoxy) is 1. The second-order valence-corrected chi connectivity index (χ2v) is 7.53. The minimum atomic E-state index is -0.0703. The first-order valence-electron chi connectivity index (χ1n) is 9.74. The SMILES string of the molecule is Cc1cccc(-c2n[nH]c(=S)n2CC(=O)NCCCOC2CCCCC2)c1. The fraction of sp³-hybridized carbons (Fsp3) is 0.550. The molecule has 6 nitrogen and oxygen atoms in total. The Morgan fingerprint density at radius 3 is 2.96 bits per heavy atom. The molecule has 1 fully saturated rings. The van der Waals surface area contributed by atoms with Crippen molar-refractivity contribution in [3.05, 3.63) is 34.6 Å². The number of rotatable bonds is 8. The zero-order chi connectivity index (χ0) is 19.1. The van der Waals surface area contributed by atoms with Gasteiger partial charge in [0.25, 0.3) is 0 Å². The maximum absolute atomic E-state index is 12.3. The first-order valence-corrected chi connectivity index (χ1v) is 10.1. The van der Waals surface area contributed by atoms with Gasteiger partial charge in [-0.2, -0.15) is 5.10 Å². The molecule has 1 aromatic carbocycles. The van der Waals surface area contributed by atoms with Gasteiger partial charge in [0.15, 0.2) is 10.6 Å². The number of carbonyl (C=O) groups is 1. The van der Waals surface area contributed by atoms with Crippen LogP contribution in [-0.4, -0.2) is 39.9 Å². The summed E-state index contributed by atoms with van der Waals surface area (Å²) >= 11 is 5.30. The number of nitrogens with one attached hydrogen (secondary N) is 2. The molecular weight excluding hydrogens is 360 g/mol. The average Bonchev–Trinajstić information content (AvgIpc) is 3.03. The highest BCUT2D eigenvalue weighted by Gasteiger charge is 2.14. The van der Waals surface area contributed by atoms with E-state index in [0.717, 1.165) is 17.5 Å². The van der Waals surface area contributed by atoms with E-state index in [1.54, 1.807) is 4.57 Å². The number of benzene rings is 1. The molecular formula is C20H28N4O2S. The molecule has 1 saturated carbocycles. The lowest BCUT2D eigenvalue weighted by Gasteiger charge is -2.21. The fourth-order valence-electron chi connectivity index (χ4n) is 3.45. The molecule has 0 radical (unpaired) electrons. The zero-order valence-corrected chi connectivity index (χ0v) is 16.7. The Hall–Kier alpha value is -1.99. The third-order valence-electron chi connectivity index (χ3n) is 4.89. The Morgan fingerprint density at radius 2 is 2.19 bits per heavy atom. The average molecular weight is 389 g/mol. The lowest BCUT2D eigenvalue weighted by molar-refractivity contribution is -0.121. The number of hydrogen-bond acceptors (Lipinski definition) is 4. The summed E-state index contributed by atoms with van der Waals surface area (Å²) in [7, 11) is 0. The zero-order valence-electron chi connectivity index (χ0n) is 15.9. The first kappa shape index (κ1) is 19.8. The van der Waals surface area contributed by atoms with E-state index in [1.165, 1.54) is 32.1 Å². The molecule has 3 rings (SSSR count). The van der Waals surface area contributed by atoms with Crippen molar-refractivity contribution in [3.8, 4) is 11.4 Å². The van der Waals surface area contributed by atoms with E-state index in [1.807, 2.05) is 31.2 Å². The number of amides is 1. The monoisotopic (exact) mass is 388 g/mol. The van der Waals surface area contributed by atoms with Gasteiger partial charge in [-0.15, -0.1) is 0 Å². The van der Waals surface area contributed by atoms with Gasteiger partial charge < -0.3 is 10.1 Å². The Balaban J connectivity index is 1.47. The molecule has 1 aromatic heterocycles. The van der Waals surface area contributed by atoms with Gasteiger partial charge in [-0.3, -0.25) is 14.5 Å². The second-order valence-electron chi connectivity index (χ2n) is 7.14. The summed E-state index contributed by atoms with van der Waals surface area (Å²) in [6.45, 7) is 3.49. The maximum Gasteiger partial charge on any atom is 0.240 e. The Bertz CT molecular complexity index is 808. The number of H-pyrrole nitrogens is 1. The minimum Gasteiger partial charge on any atom is -0.378 e. The molecule has 7 heteroatoms. The number of nitrogens with zero attached hydrogens (tertiary/aromatic N) is 2. The normalized spacial score (nSPS) is 15.0. The van der Waals surface area contributed by atoms with Crippen LogP contribution < -0.4 is 5.32 Å². The van der Waals surface area contributed by atoms with E-state index in [9.17, 15) is 4.79 Å². The molecule has 1 aliphatic carbocycles. The second kappa shape index (κ2) is 9.80. The molecule has 0 atom stereocenters. The summed E-state index contributed by atoms with van der Waals surface area (Å²) in [5.41, 5.74) is 2.08. The topological polar surface area (TPSA) is 71.9 Å². The standard InChI is InChI=1S/C20H28N4O2S/c1-15-7-5-8-16(13-15)19-22-23-20(27)24(19)14-18(25)21-11-6-12-26-17-9-3-2-4-10-17/h5,7-8,13,17H,2-4,6,9-12,14H2,1H3,(H,21,25)(H,23,27). The Kier molecular flexibility index (Phi) is 7.18. The molecule has 1 amide bonds. The Morgan fingerprint density at radius 1 is 1.37 bits per heavy atom. The molecule has 2 aromatic rings. The van der Waals surface area contributed by atoms with Gasteiger partial charge in [-0.05, 0) is 44.5 Å². The van der Waals surface area contributed by atoms with Crippen molar-refractivity contribution in [2.24, 2.45) is 0 Å². The van der Waals surface area contributed by atoms with Gasteiger partial charge >= 0.3 is 0 Å². The van der Waals surface area contributed by atoms with Crippen molar-refractivity contribution in [1.82, 2.24) is 20.1 Å². The van der Waals surface area contributed by atoms with Crippen LogP contribution in [-0.2, 0) is 16.1 Å². The van der Waals surface area contributed by atoms with E-state index < -0.39 is 0 Å². The summed E-state index contributed by atoms with van der Waals surface area (Å²) in [6.07, 6.45) is 7.46. The Labute approximate surface area is 165 Å². The molecule has 1 aliphatic rings. The number of hydrogen-bond donors (Lipinski definition) is 2. The van der Waals surface area contributed by atoms with Crippen LogP contribution in [0.4, 0.5) is 0 Å². The predicted octanol–water partition coefficient (Wildman–Crippen LogP) is 3.77. The third-order valence-corrected chi connectivity index (χ3v) is 5.20. The number of carbonyl (C=O) groups excluding carboxylic acids is 1. The van der Waals surface area contributed by atoms with Crippen molar-refractivity contribution in [2.75, 3.05) is 13.2 Å². The molecule has 2 N–H and O–H groups in total. The molecule has 0 unspecified atom stereocenters. The van der Waals surface area contributed by atoms with E-state index in [0.29, 0.717) is 29.9 Å². The van der Waals surface area contributed by atoms with Gasteiger partial charge in [0.1, 0.15) is 6.54 Å². The van der Waals surface area contributed by atoms with Crippen LogP contribution in [0.15, 0.2) is 24.3 Å². The van der Waals surface area contributed by atoms with Crippen LogP contribution in [0.25, 0.3) is 11.4 Å². The molecule has 1 heterocycles. The summed E-state index contributed by atoms with van der Waals surface area (Å²) in [5, 5.41) is 10.0. The van der Waals surface area contributed by atoms with Crippen molar-refractivity contribution in [1.29, 1.82) is 0 Å². The predicted molar refractivity (Wildman–Crippen MR) is 108 cm³/mol. The molecule has 27 heavy (non-hydrogen) atoms. The van der Waals surface area contributed by atoms with Gasteiger partial charge in [0.2, 0.25) is 5.91 Å². The van der Waals surface area contributed by atoms with E-state index in [2.05, 4.69) is 15.5 Å². The van der Waals surface area contributed by atoms with Crippen molar-refractivity contribution < 1.29 is 9.53 Å². The van der Waals surface area contributed by atoms with Gasteiger partial charge in [-0.1, -0.05) is 43.0 Å². The number of aryl methyl sites for hydroxylation is 1. The van der Waals surface area contributed by atoms with Crippen LogP contribution in [0.1, 0.15) is 44.1 Å². The summed E-state index contributed by atoms with van der Waals surface area (Å²) in [6, 6.07) is 7.99. The van der Waals surface area contributed by atoms with Crippen molar-refractivity contribution in [3.63, 3.8) is 0 Å². The highest BCUT2D eigenvalue weighted by atomic mass is 32.1. The smallest absolute Gasteiger partial charge is 0.240 e. The van der Waals surface area contributed by atoms with Crippen LogP contribution >= 0.6 is 12.2 Å². The molecule has 0 aliphatic heterocycles. The summed E-state index contributed by atoms with van der Waals surface area (Å²) < 4.78 is 8.07. The van der Waals surface area contributed by atoms with Crippen molar-refractivity contribution >= 4 is 18.1 Å². The summed E-state index contributed by atoms with van der Waals surface area (Å²) in [5.74, 6) is 0.610. The molecule has 146 valence electrons. The fourth-order valence-corrected chi connectivity index (χ4v) is 3.65. The van der Waals surface area contributed by atoms with Crippen LogP contribution in [0.3, 0.4) is 0 Å². The number of aromatic nitrogens is 3. The van der Waals surface area contributed by atoms with E-state index in [-0.39, 0.29) is 12.5 Å². The van der Waals surface area contributed by atoms with Gasteiger partial charge in [0.05, 0.1) is 6.10 Å². The molecule has 0 saturated heterocycles. The van der Waals surface area contributed by atoms with Crippen LogP contribution in [0.5, 0.6) is 0 Å². The number of aromatic amines is 1. The quantitative estimate of drug-likeness (QED) is 0.533. The lowest BCUT2D eigenvalue weighted by atomic mass is 9.98. The highest BCUT2D eigenvalue weighted by Crippen LogP contribution is 2.20. The lowest BCUT2D eigenvalue weighted by Crippen LogP contribution is -2.29. The summed E-state index contributed by atoms with van der Waals surface area (Å²) in [4.78, 5) is 12.3. The van der Waals surface area contributed by atoms with Gasteiger partial charge in [0, 0.05) is 18.7 Å². The van der Waals surface area contributed by atoms with E-state index >= 15 is 0 Å². The third kappa shape index (κ3) is 5.74. The largest absolute Gasteiger partial charge is 0.378 e. The van der Waals surface area contributed by atoms with Gasteiger partial charge in [-0.25, -0.2) is 0 Å². The maximum atomic E-state index is 12.3. The first-order chi connectivity index (χ1) is 13.1. The van der Waals surface area contributed by atoms with E-state index in [4.69, 9.17) is 17.0 Å². The highest BCUT2D eigenvalue weighted by molar-refractivity contribution is 7.71. The minimum absolute atomic E-state index is 0.0703. The van der Waals surface area contributed by atoms with Crippen LogP contribution in [0, 0.1) is 11.7 Å².